The van der Waals surface area contributed by atoms with Crippen LogP contribution >= 0.6 is 0 Å². The van der Waals surface area contributed by atoms with Crippen molar-refractivity contribution >= 4 is 11.1 Å². The quantitative estimate of drug-likeness (QED) is 0.941. The van der Waals surface area contributed by atoms with E-state index in [4.69, 9.17) is 4.42 Å². The molecule has 1 aromatic carbocycles. The SMILES string of the molecule is CCC1(CO)CCN(Cc2nc3ccc(F)cc3o2)CC1. The number of likely N-dealkylation sites (tertiary alicyclic amines) is 1. The normalized spacial score (nSPS) is 19.2. The van der Waals surface area contributed by atoms with Crippen LogP contribution < -0.4 is 0 Å². The van der Waals surface area contributed by atoms with Gasteiger partial charge in [-0.2, -0.15) is 0 Å². The van der Waals surface area contributed by atoms with Crippen LogP contribution in [0.3, 0.4) is 0 Å². The Balaban J connectivity index is 1.66. The summed E-state index contributed by atoms with van der Waals surface area (Å²) in [5, 5.41) is 9.55. The molecule has 0 atom stereocenters. The van der Waals surface area contributed by atoms with E-state index in [2.05, 4.69) is 16.8 Å². The number of benzene rings is 1. The molecule has 0 amide bonds. The molecule has 3 rings (SSSR count). The summed E-state index contributed by atoms with van der Waals surface area (Å²) in [5.41, 5.74) is 1.28. The Labute approximate surface area is 123 Å². The number of hydrogen-bond acceptors (Lipinski definition) is 4. The summed E-state index contributed by atoms with van der Waals surface area (Å²) in [6, 6.07) is 4.41. The first-order chi connectivity index (χ1) is 10.1. The minimum absolute atomic E-state index is 0.0843. The lowest BCUT2D eigenvalue weighted by Crippen LogP contribution is -2.41. The zero-order chi connectivity index (χ0) is 14.9. The van der Waals surface area contributed by atoms with Crippen molar-refractivity contribution < 1.29 is 13.9 Å². The molecule has 0 radical (unpaired) electrons. The van der Waals surface area contributed by atoms with Gasteiger partial charge in [0.2, 0.25) is 5.89 Å². The Morgan fingerprint density at radius 1 is 1.38 bits per heavy atom. The third-order valence-electron chi connectivity index (χ3n) is 4.76. The van der Waals surface area contributed by atoms with E-state index in [1.54, 1.807) is 6.07 Å². The first-order valence-electron chi connectivity index (χ1n) is 7.52. The molecule has 1 aliphatic rings. The van der Waals surface area contributed by atoms with Gasteiger partial charge in [-0.15, -0.1) is 0 Å². The van der Waals surface area contributed by atoms with Crippen LogP contribution in [0.4, 0.5) is 4.39 Å². The first kappa shape index (κ1) is 14.5. The second kappa shape index (κ2) is 5.73. The van der Waals surface area contributed by atoms with Gasteiger partial charge < -0.3 is 9.52 Å². The molecule has 21 heavy (non-hydrogen) atoms. The molecule has 2 heterocycles. The Morgan fingerprint density at radius 3 is 2.81 bits per heavy atom. The fraction of sp³-hybridized carbons (Fsp3) is 0.562. The topological polar surface area (TPSA) is 49.5 Å². The molecule has 0 unspecified atom stereocenters. The number of rotatable bonds is 4. The second-order valence-electron chi connectivity index (χ2n) is 6.01. The van der Waals surface area contributed by atoms with Gasteiger partial charge in [0, 0.05) is 12.7 Å². The summed E-state index contributed by atoms with van der Waals surface area (Å²) in [6.07, 6.45) is 3.00. The molecule has 0 bridgehead atoms. The number of aliphatic hydroxyl groups is 1. The van der Waals surface area contributed by atoms with Crippen LogP contribution in [0.25, 0.3) is 11.1 Å². The molecule has 1 saturated heterocycles. The number of fused-ring (bicyclic) bond motifs is 1. The molecule has 1 aliphatic heterocycles. The highest BCUT2D eigenvalue weighted by atomic mass is 19.1. The Hall–Kier alpha value is -1.46. The van der Waals surface area contributed by atoms with Gasteiger partial charge in [0.15, 0.2) is 5.58 Å². The average molecular weight is 292 g/mol. The number of aromatic nitrogens is 1. The summed E-state index contributed by atoms with van der Waals surface area (Å²) in [4.78, 5) is 6.68. The number of aliphatic hydroxyl groups excluding tert-OH is 1. The smallest absolute Gasteiger partial charge is 0.209 e. The zero-order valence-electron chi connectivity index (χ0n) is 12.3. The fourth-order valence-electron chi connectivity index (χ4n) is 3.01. The van der Waals surface area contributed by atoms with E-state index in [9.17, 15) is 9.50 Å². The van der Waals surface area contributed by atoms with Gasteiger partial charge in [-0.25, -0.2) is 9.37 Å². The van der Waals surface area contributed by atoms with Crippen molar-refractivity contribution in [3.05, 3.63) is 29.9 Å². The van der Waals surface area contributed by atoms with Crippen molar-refractivity contribution in [1.29, 1.82) is 0 Å². The van der Waals surface area contributed by atoms with Crippen LogP contribution in [0.2, 0.25) is 0 Å². The highest BCUT2D eigenvalue weighted by Gasteiger charge is 2.32. The maximum Gasteiger partial charge on any atom is 0.209 e. The number of nitrogens with zero attached hydrogens (tertiary/aromatic N) is 2. The molecule has 1 N–H and O–H groups in total. The lowest BCUT2D eigenvalue weighted by atomic mass is 9.77. The van der Waals surface area contributed by atoms with Crippen LogP contribution in [0.15, 0.2) is 22.6 Å². The van der Waals surface area contributed by atoms with Gasteiger partial charge in [-0.1, -0.05) is 6.92 Å². The largest absolute Gasteiger partial charge is 0.439 e. The number of halogens is 1. The standard InChI is InChI=1S/C16H21FN2O2/c1-2-16(11-20)5-7-19(8-6-16)10-15-18-13-4-3-12(17)9-14(13)21-15/h3-4,9,20H,2,5-8,10-11H2,1H3. The van der Waals surface area contributed by atoms with E-state index < -0.39 is 0 Å². The van der Waals surface area contributed by atoms with E-state index in [1.807, 2.05) is 0 Å². The van der Waals surface area contributed by atoms with E-state index in [0.29, 0.717) is 23.5 Å². The molecule has 0 aliphatic carbocycles. The van der Waals surface area contributed by atoms with Gasteiger partial charge in [-0.05, 0) is 49.9 Å². The van der Waals surface area contributed by atoms with Crippen molar-refractivity contribution in [2.75, 3.05) is 19.7 Å². The van der Waals surface area contributed by atoms with Crippen molar-refractivity contribution in [2.45, 2.75) is 32.7 Å². The molecule has 114 valence electrons. The van der Waals surface area contributed by atoms with Crippen LogP contribution in [-0.4, -0.2) is 34.7 Å². The summed E-state index contributed by atoms with van der Waals surface area (Å²) >= 11 is 0. The van der Waals surface area contributed by atoms with Gasteiger partial charge in [-0.3, -0.25) is 4.90 Å². The molecule has 0 saturated carbocycles. The van der Waals surface area contributed by atoms with Crippen LogP contribution in [0, 0.1) is 11.2 Å². The molecule has 5 heteroatoms. The van der Waals surface area contributed by atoms with Gasteiger partial charge >= 0.3 is 0 Å². The molecule has 1 fully saturated rings. The minimum Gasteiger partial charge on any atom is -0.439 e. The third-order valence-corrected chi connectivity index (χ3v) is 4.76. The molecule has 1 aromatic heterocycles. The van der Waals surface area contributed by atoms with Gasteiger partial charge in [0.1, 0.15) is 11.3 Å². The monoisotopic (exact) mass is 292 g/mol. The van der Waals surface area contributed by atoms with Crippen LogP contribution in [-0.2, 0) is 6.54 Å². The molecule has 2 aromatic rings. The van der Waals surface area contributed by atoms with Gasteiger partial charge in [0.05, 0.1) is 6.54 Å². The van der Waals surface area contributed by atoms with Crippen LogP contribution in [0.5, 0.6) is 0 Å². The maximum atomic E-state index is 13.1. The molecule has 0 spiro atoms. The lowest BCUT2D eigenvalue weighted by molar-refractivity contribution is 0.0356. The number of oxazole rings is 1. The van der Waals surface area contributed by atoms with Crippen molar-refractivity contribution in [1.82, 2.24) is 9.88 Å². The van der Waals surface area contributed by atoms with Crippen LogP contribution in [0.1, 0.15) is 32.1 Å². The summed E-state index contributed by atoms with van der Waals surface area (Å²) in [5.74, 6) is 0.322. The third kappa shape index (κ3) is 2.94. The van der Waals surface area contributed by atoms with E-state index in [0.717, 1.165) is 32.4 Å². The van der Waals surface area contributed by atoms with Crippen molar-refractivity contribution in [2.24, 2.45) is 5.41 Å². The van der Waals surface area contributed by atoms with E-state index in [-0.39, 0.29) is 17.8 Å². The van der Waals surface area contributed by atoms with E-state index in [1.165, 1.54) is 12.1 Å². The van der Waals surface area contributed by atoms with E-state index >= 15 is 0 Å². The molecular formula is C16H21FN2O2. The maximum absolute atomic E-state index is 13.1. The second-order valence-corrected chi connectivity index (χ2v) is 6.01. The van der Waals surface area contributed by atoms with Crippen molar-refractivity contribution in [3.8, 4) is 0 Å². The molecule has 4 nitrogen and oxygen atoms in total. The average Bonchev–Trinajstić information content (AvgIpc) is 2.90. The summed E-state index contributed by atoms with van der Waals surface area (Å²) in [6.45, 7) is 4.91. The lowest BCUT2D eigenvalue weighted by Gasteiger charge is -2.39. The molecular weight excluding hydrogens is 271 g/mol. The van der Waals surface area contributed by atoms with Gasteiger partial charge in [0.25, 0.3) is 0 Å². The first-order valence-corrected chi connectivity index (χ1v) is 7.52. The minimum atomic E-state index is -0.307. The van der Waals surface area contributed by atoms with Crippen molar-refractivity contribution in [3.63, 3.8) is 0 Å². The number of piperidine rings is 1. The number of hydrogen-bond donors (Lipinski definition) is 1. The Kier molecular flexibility index (Phi) is 3.95. The predicted octanol–water partition coefficient (Wildman–Crippen LogP) is 2.95. The Bertz CT molecular complexity index is 612. The zero-order valence-corrected chi connectivity index (χ0v) is 12.3. The highest BCUT2D eigenvalue weighted by molar-refractivity contribution is 5.72. The fourth-order valence-corrected chi connectivity index (χ4v) is 3.01. The Morgan fingerprint density at radius 2 is 2.14 bits per heavy atom. The predicted molar refractivity (Wildman–Crippen MR) is 78.3 cm³/mol. The highest BCUT2D eigenvalue weighted by Crippen LogP contribution is 2.34. The summed E-state index contributed by atoms with van der Waals surface area (Å²) in [7, 11) is 0. The summed E-state index contributed by atoms with van der Waals surface area (Å²) < 4.78 is 18.8.